The molecule has 0 fully saturated rings. The van der Waals surface area contributed by atoms with E-state index < -0.39 is 10.0 Å². The zero-order valence-electron chi connectivity index (χ0n) is 15.7. The van der Waals surface area contributed by atoms with E-state index >= 15 is 0 Å². The number of anilines is 1. The highest BCUT2D eigenvalue weighted by Crippen LogP contribution is 2.29. The molecule has 2 aromatic rings. The second-order valence-electron chi connectivity index (χ2n) is 6.15. The summed E-state index contributed by atoms with van der Waals surface area (Å²) in [6, 6.07) is 10.1. The van der Waals surface area contributed by atoms with Gasteiger partial charge in [-0.25, -0.2) is 12.7 Å². The molecular formula is C19H24N2O4S. The van der Waals surface area contributed by atoms with Crippen molar-refractivity contribution in [1.82, 2.24) is 4.31 Å². The highest BCUT2D eigenvalue weighted by Gasteiger charge is 2.23. The van der Waals surface area contributed by atoms with Crippen molar-refractivity contribution in [3.8, 4) is 5.75 Å². The summed E-state index contributed by atoms with van der Waals surface area (Å²) in [6.07, 6.45) is 0. The Labute approximate surface area is 154 Å². The molecule has 0 aliphatic heterocycles. The molecule has 26 heavy (non-hydrogen) atoms. The van der Waals surface area contributed by atoms with Crippen LogP contribution in [0.3, 0.4) is 0 Å². The molecule has 0 atom stereocenters. The van der Waals surface area contributed by atoms with E-state index in [0.29, 0.717) is 17.9 Å². The van der Waals surface area contributed by atoms with Crippen LogP contribution in [0, 0.1) is 13.8 Å². The number of sulfonamides is 1. The number of hydrogen-bond donors (Lipinski definition) is 1. The Bertz CT molecular complexity index is 921. The van der Waals surface area contributed by atoms with Crippen molar-refractivity contribution < 1.29 is 17.9 Å². The SMILES string of the molecule is CCOc1ccc(NC(=O)c2ccc(C)cc2C)cc1S(=O)(=O)N(C)C. The predicted octanol–water partition coefficient (Wildman–Crippen LogP) is 3.20. The van der Waals surface area contributed by atoms with Gasteiger partial charge in [0.15, 0.2) is 0 Å². The van der Waals surface area contributed by atoms with E-state index in [1.807, 2.05) is 26.0 Å². The lowest BCUT2D eigenvalue weighted by molar-refractivity contribution is 0.102. The molecule has 2 aromatic carbocycles. The summed E-state index contributed by atoms with van der Waals surface area (Å²) < 4.78 is 31.7. The third-order valence-electron chi connectivity index (χ3n) is 3.89. The van der Waals surface area contributed by atoms with E-state index in [9.17, 15) is 13.2 Å². The zero-order chi connectivity index (χ0) is 19.5. The van der Waals surface area contributed by atoms with Crippen molar-refractivity contribution in [2.75, 3.05) is 26.0 Å². The van der Waals surface area contributed by atoms with Crippen molar-refractivity contribution in [3.05, 3.63) is 53.1 Å². The fourth-order valence-corrected chi connectivity index (χ4v) is 3.58. The van der Waals surface area contributed by atoms with Gasteiger partial charge in [-0.3, -0.25) is 4.79 Å². The Morgan fingerprint density at radius 2 is 1.81 bits per heavy atom. The van der Waals surface area contributed by atoms with Crippen LogP contribution in [0.15, 0.2) is 41.3 Å². The summed E-state index contributed by atoms with van der Waals surface area (Å²) in [7, 11) is -0.809. The third kappa shape index (κ3) is 4.23. The first-order chi connectivity index (χ1) is 12.2. The summed E-state index contributed by atoms with van der Waals surface area (Å²) in [5.41, 5.74) is 2.86. The second kappa shape index (κ2) is 7.88. The van der Waals surface area contributed by atoms with E-state index in [0.717, 1.165) is 15.4 Å². The van der Waals surface area contributed by atoms with Crippen LogP contribution < -0.4 is 10.1 Å². The molecular weight excluding hydrogens is 352 g/mol. The van der Waals surface area contributed by atoms with E-state index in [1.165, 1.54) is 20.2 Å². The molecule has 6 nitrogen and oxygen atoms in total. The number of nitrogens with zero attached hydrogens (tertiary/aromatic N) is 1. The maximum absolute atomic E-state index is 12.6. The van der Waals surface area contributed by atoms with Crippen LogP contribution in [0.25, 0.3) is 0 Å². The topological polar surface area (TPSA) is 75.7 Å². The van der Waals surface area contributed by atoms with Crippen molar-refractivity contribution >= 4 is 21.6 Å². The Morgan fingerprint density at radius 3 is 2.38 bits per heavy atom. The number of nitrogens with one attached hydrogen (secondary N) is 1. The number of aryl methyl sites for hydroxylation is 2. The van der Waals surface area contributed by atoms with Gasteiger partial charge in [0.05, 0.1) is 6.61 Å². The number of carbonyl (C=O) groups is 1. The number of rotatable bonds is 6. The normalized spacial score (nSPS) is 11.5. The lowest BCUT2D eigenvalue weighted by Crippen LogP contribution is -2.23. The molecule has 0 saturated carbocycles. The number of ether oxygens (including phenoxy) is 1. The van der Waals surface area contributed by atoms with Gasteiger partial charge in [-0.15, -0.1) is 0 Å². The maximum Gasteiger partial charge on any atom is 0.255 e. The van der Waals surface area contributed by atoms with Crippen LogP contribution in [0.2, 0.25) is 0 Å². The zero-order valence-corrected chi connectivity index (χ0v) is 16.5. The van der Waals surface area contributed by atoms with Gasteiger partial charge in [0.25, 0.3) is 5.91 Å². The van der Waals surface area contributed by atoms with Gasteiger partial charge in [0.2, 0.25) is 10.0 Å². The largest absolute Gasteiger partial charge is 0.492 e. The molecule has 0 aromatic heterocycles. The lowest BCUT2D eigenvalue weighted by Gasteiger charge is -2.17. The molecule has 7 heteroatoms. The Kier molecular flexibility index (Phi) is 6.05. The van der Waals surface area contributed by atoms with Crippen molar-refractivity contribution in [3.63, 3.8) is 0 Å². The van der Waals surface area contributed by atoms with Gasteiger partial charge in [-0.05, 0) is 50.6 Å². The number of hydrogen-bond acceptors (Lipinski definition) is 4. The average molecular weight is 376 g/mol. The Morgan fingerprint density at radius 1 is 1.12 bits per heavy atom. The first-order valence-electron chi connectivity index (χ1n) is 8.24. The summed E-state index contributed by atoms with van der Waals surface area (Å²) in [6.45, 7) is 5.94. The summed E-state index contributed by atoms with van der Waals surface area (Å²) >= 11 is 0. The average Bonchev–Trinajstić information content (AvgIpc) is 2.56. The number of carbonyl (C=O) groups excluding carboxylic acids is 1. The molecule has 0 saturated heterocycles. The molecule has 0 heterocycles. The van der Waals surface area contributed by atoms with Crippen LogP contribution >= 0.6 is 0 Å². The van der Waals surface area contributed by atoms with E-state index in [1.54, 1.807) is 25.1 Å². The lowest BCUT2D eigenvalue weighted by atomic mass is 10.1. The molecule has 1 N–H and O–H groups in total. The molecule has 0 spiro atoms. The minimum Gasteiger partial charge on any atom is -0.492 e. The van der Waals surface area contributed by atoms with Gasteiger partial charge >= 0.3 is 0 Å². The van der Waals surface area contributed by atoms with Crippen molar-refractivity contribution in [2.24, 2.45) is 0 Å². The quantitative estimate of drug-likeness (QED) is 0.840. The molecule has 0 bridgehead atoms. The van der Waals surface area contributed by atoms with Gasteiger partial charge < -0.3 is 10.1 Å². The first kappa shape index (κ1) is 19.9. The van der Waals surface area contributed by atoms with Crippen molar-refractivity contribution in [1.29, 1.82) is 0 Å². The van der Waals surface area contributed by atoms with E-state index in [-0.39, 0.29) is 16.6 Å². The standard InChI is InChI=1S/C19H24N2O4S/c1-6-25-17-10-8-15(12-18(17)26(23,24)21(4)5)20-19(22)16-9-7-13(2)11-14(16)3/h7-12H,6H2,1-5H3,(H,20,22). The van der Waals surface area contributed by atoms with Crippen LogP contribution in [-0.2, 0) is 10.0 Å². The molecule has 0 radical (unpaired) electrons. The molecule has 1 amide bonds. The third-order valence-corrected chi connectivity index (χ3v) is 5.72. The van der Waals surface area contributed by atoms with Crippen molar-refractivity contribution in [2.45, 2.75) is 25.7 Å². The van der Waals surface area contributed by atoms with Crippen LogP contribution in [0.1, 0.15) is 28.4 Å². The fourth-order valence-electron chi connectivity index (χ4n) is 2.53. The van der Waals surface area contributed by atoms with E-state index in [4.69, 9.17) is 4.74 Å². The molecule has 0 aliphatic carbocycles. The number of benzene rings is 2. The molecule has 2 rings (SSSR count). The smallest absolute Gasteiger partial charge is 0.255 e. The van der Waals surface area contributed by atoms with Crippen LogP contribution in [0.5, 0.6) is 5.75 Å². The van der Waals surface area contributed by atoms with Gasteiger partial charge in [-0.1, -0.05) is 17.7 Å². The van der Waals surface area contributed by atoms with Gasteiger partial charge in [-0.2, -0.15) is 0 Å². The minimum absolute atomic E-state index is 0.0165. The molecule has 0 aliphatic rings. The fraction of sp³-hybridized carbons (Fsp3) is 0.316. The van der Waals surface area contributed by atoms with Crippen LogP contribution in [-0.4, -0.2) is 39.3 Å². The van der Waals surface area contributed by atoms with Gasteiger partial charge in [0, 0.05) is 25.3 Å². The van der Waals surface area contributed by atoms with Gasteiger partial charge in [0.1, 0.15) is 10.6 Å². The summed E-state index contributed by atoms with van der Waals surface area (Å²) in [4.78, 5) is 12.6. The van der Waals surface area contributed by atoms with Crippen LogP contribution in [0.4, 0.5) is 5.69 Å². The van der Waals surface area contributed by atoms with E-state index in [2.05, 4.69) is 5.32 Å². The monoisotopic (exact) mass is 376 g/mol. The second-order valence-corrected chi connectivity index (χ2v) is 8.27. The molecule has 0 unspecified atom stereocenters. The highest BCUT2D eigenvalue weighted by atomic mass is 32.2. The first-order valence-corrected chi connectivity index (χ1v) is 9.68. The minimum atomic E-state index is -3.71. The maximum atomic E-state index is 12.6. The number of amides is 1. The Balaban J connectivity index is 2.40. The molecule has 140 valence electrons. The predicted molar refractivity (Wildman–Crippen MR) is 102 cm³/mol. The summed E-state index contributed by atoms with van der Waals surface area (Å²) in [5.74, 6) is -0.0365. The summed E-state index contributed by atoms with van der Waals surface area (Å²) in [5, 5.41) is 2.76. The highest BCUT2D eigenvalue weighted by molar-refractivity contribution is 7.89. The Hall–Kier alpha value is -2.38.